The Morgan fingerprint density at radius 2 is 1.79 bits per heavy atom. The van der Waals surface area contributed by atoms with Gasteiger partial charge in [-0.3, -0.25) is 0 Å². The highest BCUT2D eigenvalue weighted by Gasteiger charge is 2.35. The highest BCUT2D eigenvalue weighted by molar-refractivity contribution is 5.68. The van der Waals surface area contributed by atoms with Crippen LogP contribution in [0.25, 0.3) is 0 Å². The summed E-state index contributed by atoms with van der Waals surface area (Å²) in [4.78, 5) is 11.8. The van der Waals surface area contributed by atoms with Crippen LogP contribution in [0, 0.1) is 0 Å². The first kappa shape index (κ1) is 17.7. The van der Waals surface area contributed by atoms with Gasteiger partial charge in [-0.2, -0.15) is 0 Å². The molecule has 0 aromatic carbocycles. The summed E-state index contributed by atoms with van der Waals surface area (Å²) in [6.45, 7) is 14.6. The highest BCUT2D eigenvalue weighted by Crippen LogP contribution is 2.24. The monoisotopic (exact) mass is 269 g/mol. The molecule has 4 nitrogen and oxygen atoms in total. The van der Waals surface area contributed by atoms with Gasteiger partial charge in [0.2, 0.25) is 0 Å². The summed E-state index contributed by atoms with van der Waals surface area (Å²) in [6, 6.07) is -0.404. The summed E-state index contributed by atoms with van der Waals surface area (Å²) >= 11 is 0. The van der Waals surface area contributed by atoms with Gasteiger partial charge < -0.3 is 15.2 Å². The average Bonchev–Trinajstić information content (AvgIpc) is 2.23. The van der Waals surface area contributed by atoms with Gasteiger partial charge in [-0.1, -0.05) is 19.1 Å². The molecule has 0 aliphatic carbocycles. The molecule has 0 aliphatic rings. The number of alkyl carbamates (subject to hydrolysis) is 1. The lowest BCUT2D eigenvalue weighted by atomic mass is 9.85. The van der Waals surface area contributed by atoms with Gasteiger partial charge in [-0.15, -0.1) is 13.2 Å². The highest BCUT2D eigenvalue weighted by atomic mass is 16.6. The number of amides is 1. The van der Waals surface area contributed by atoms with E-state index in [0.29, 0.717) is 19.3 Å². The van der Waals surface area contributed by atoms with Gasteiger partial charge in [-0.25, -0.2) is 4.79 Å². The molecule has 0 bridgehead atoms. The molecule has 4 heteroatoms. The number of aliphatic hydroxyl groups is 1. The third-order valence-electron chi connectivity index (χ3n) is 2.74. The molecule has 0 fully saturated rings. The Labute approximate surface area is 116 Å². The zero-order valence-electron chi connectivity index (χ0n) is 12.5. The molecule has 0 spiro atoms. The van der Waals surface area contributed by atoms with E-state index in [-0.39, 0.29) is 0 Å². The molecule has 2 N–H and O–H groups in total. The molecule has 0 aliphatic heterocycles. The van der Waals surface area contributed by atoms with Gasteiger partial charge in [0.05, 0.1) is 11.6 Å². The second kappa shape index (κ2) is 7.34. The van der Waals surface area contributed by atoms with Crippen molar-refractivity contribution in [1.29, 1.82) is 0 Å². The number of ether oxygens (including phenoxy) is 1. The molecule has 1 atom stereocenters. The van der Waals surface area contributed by atoms with Crippen LogP contribution in [0.4, 0.5) is 4.79 Å². The number of hydrogen-bond acceptors (Lipinski definition) is 3. The first-order valence-electron chi connectivity index (χ1n) is 6.62. The summed E-state index contributed by atoms with van der Waals surface area (Å²) in [7, 11) is 0. The lowest BCUT2D eigenvalue weighted by molar-refractivity contribution is -0.00453. The molecule has 0 aromatic heterocycles. The summed E-state index contributed by atoms with van der Waals surface area (Å²) in [5.74, 6) is 0. The minimum atomic E-state index is -1.07. The lowest BCUT2D eigenvalue weighted by Crippen LogP contribution is -2.53. The third-order valence-corrected chi connectivity index (χ3v) is 2.74. The topological polar surface area (TPSA) is 58.6 Å². The fourth-order valence-electron chi connectivity index (χ4n) is 1.93. The van der Waals surface area contributed by atoms with Crippen molar-refractivity contribution < 1.29 is 14.6 Å². The molecule has 0 aromatic rings. The number of carbonyl (C=O) groups is 1. The molecule has 19 heavy (non-hydrogen) atoms. The van der Waals surface area contributed by atoms with Crippen LogP contribution in [0.15, 0.2) is 25.3 Å². The second-order valence-electron chi connectivity index (χ2n) is 5.70. The van der Waals surface area contributed by atoms with Crippen molar-refractivity contribution >= 4 is 6.09 Å². The van der Waals surface area contributed by atoms with E-state index in [1.165, 1.54) is 0 Å². The predicted molar refractivity (Wildman–Crippen MR) is 78.0 cm³/mol. The zero-order chi connectivity index (χ0) is 15.1. The first-order valence-corrected chi connectivity index (χ1v) is 6.62. The molecule has 1 unspecified atom stereocenters. The van der Waals surface area contributed by atoms with Crippen molar-refractivity contribution in [1.82, 2.24) is 5.32 Å². The first-order chi connectivity index (χ1) is 8.68. The molecule has 0 heterocycles. The van der Waals surface area contributed by atoms with Crippen LogP contribution in [0.5, 0.6) is 0 Å². The van der Waals surface area contributed by atoms with Crippen LogP contribution < -0.4 is 5.32 Å². The Bertz CT molecular complexity index is 308. The molecule has 0 saturated carbocycles. The Balaban J connectivity index is 4.82. The maximum atomic E-state index is 11.8. The van der Waals surface area contributed by atoms with Crippen molar-refractivity contribution in [3.63, 3.8) is 0 Å². The van der Waals surface area contributed by atoms with Gasteiger partial charge in [0, 0.05) is 0 Å². The Hall–Kier alpha value is -1.29. The van der Waals surface area contributed by atoms with Crippen LogP contribution in [-0.4, -0.2) is 28.4 Å². The standard InChI is InChI=1S/C15H27NO3/c1-7-10-15(18,11-8-2)12(9-3)16-13(17)19-14(4,5)6/h7-8,12,18H,1-2,9-11H2,3-6H3,(H,16,17). The average molecular weight is 269 g/mol. The van der Waals surface area contributed by atoms with Gasteiger partial charge in [0.15, 0.2) is 0 Å². The van der Waals surface area contributed by atoms with Crippen LogP contribution in [0.3, 0.4) is 0 Å². The van der Waals surface area contributed by atoms with Crippen LogP contribution in [0.2, 0.25) is 0 Å². The maximum absolute atomic E-state index is 11.8. The van der Waals surface area contributed by atoms with Gasteiger partial charge in [0.1, 0.15) is 5.60 Å². The fourth-order valence-corrected chi connectivity index (χ4v) is 1.93. The van der Waals surface area contributed by atoms with E-state index in [0.717, 1.165) is 0 Å². The summed E-state index contributed by atoms with van der Waals surface area (Å²) in [6.07, 6.45) is 4.12. The second-order valence-corrected chi connectivity index (χ2v) is 5.70. The van der Waals surface area contributed by atoms with Gasteiger partial charge in [0.25, 0.3) is 0 Å². The molecule has 0 radical (unpaired) electrons. The van der Waals surface area contributed by atoms with E-state index in [1.807, 2.05) is 6.92 Å². The third kappa shape index (κ3) is 6.43. The summed E-state index contributed by atoms with van der Waals surface area (Å²) in [5.41, 5.74) is -1.63. The van der Waals surface area contributed by atoms with Gasteiger partial charge in [-0.05, 0) is 40.0 Å². The van der Waals surface area contributed by atoms with Crippen molar-refractivity contribution in [3.05, 3.63) is 25.3 Å². The molecular formula is C15H27NO3. The van der Waals surface area contributed by atoms with Crippen LogP contribution in [0.1, 0.15) is 47.0 Å². The Morgan fingerprint density at radius 1 is 1.32 bits per heavy atom. The number of hydrogen-bond donors (Lipinski definition) is 2. The zero-order valence-corrected chi connectivity index (χ0v) is 12.5. The van der Waals surface area contributed by atoms with Crippen LogP contribution in [-0.2, 0) is 4.74 Å². The maximum Gasteiger partial charge on any atom is 0.407 e. The molecule has 0 saturated heterocycles. The van der Waals surface area contributed by atoms with E-state index in [4.69, 9.17) is 4.74 Å². The van der Waals surface area contributed by atoms with E-state index >= 15 is 0 Å². The van der Waals surface area contributed by atoms with Gasteiger partial charge >= 0.3 is 6.09 Å². The fraction of sp³-hybridized carbons (Fsp3) is 0.667. The molecule has 0 rings (SSSR count). The van der Waals surface area contributed by atoms with E-state index in [9.17, 15) is 9.90 Å². The largest absolute Gasteiger partial charge is 0.444 e. The number of nitrogens with one attached hydrogen (secondary N) is 1. The minimum absolute atomic E-state index is 0.382. The van der Waals surface area contributed by atoms with Crippen LogP contribution >= 0.6 is 0 Å². The van der Waals surface area contributed by atoms with Crippen molar-refractivity contribution in [2.24, 2.45) is 0 Å². The number of carbonyl (C=O) groups excluding carboxylic acids is 1. The van der Waals surface area contributed by atoms with E-state index in [1.54, 1.807) is 32.9 Å². The van der Waals surface area contributed by atoms with E-state index < -0.39 is 23.3 Å². The predicted octanol–water partition coefficient (Wildman–Crippen LogP) is 3.17. The molecule has 110 valence electrons. The Kier molecular flexibility index (Phi) is 6.84. The molecular weight excluding hydrogens is 242 g/mol. The normalized spacial score (nSPS) is 13.5. The van der Waals surface area contributed by atoms with E-state index in [2.05, 4.69) is 18.5 Å². The quantitative estimate of drug-likeness (QED) is 0.698. The van der Waals surface area contributed by atoms with Crippen molar-refractivity contribution in [2.45, 2.75) is 64.2 Å². The Morgan fingerprint density at radius 3 is 2.11 bits per heavy atom. The summed E-state index contributed by atoms with van der Waals surface area (Å²) < 4.78 is 5.21. The molecule has 1 amide bonds. The van der Waals surface area contributed by atoms with Crippen molar-refractivity contribution in [3.8, 4) is 0 Å². The van der Waals surface area contributed by atoms with Crippen molar-refractivity contribution in [2.75, 3.05) is 0 Å². The summed E-state index contributed by atoms with van der Waals surface area (Å²) in [5, 5.41) is 13.3. The smallest absolute Gasteiger partial charge is 0.407 e. The minimum Gasteiger partial charge on any atom is -0.444 e. The number of rotatable bonds is 7. The SMILES string of the molecule is C=CCC(O)(CC=C)C(CC)NC(=O)OC(C)(C)C. The lowest BCUT2D eigenvalue weighted by Gasteiger charge is -2.35.